The first kappa shape index (κ1) is 16.2. The van der Waals surface area contributed by atoms with Crippen LogP contribution >= 0.6 is 0 Å². The van der Waals surface area contributed by atoms with Crippen LogP contribution in [0, 0.1) is 13.0 Å². The molecule has 5 nitrogen and oxygen atoms in total. The van der Waals surface area contributed by atoms with Crippen LogP contribution in [0.15, 0.2) is 42.5 Å². The second-order valence-corrected chi connectivity index (χ2v) is 5.87. The second-order valence-electron chi connectivity index (χ2n) is 5.87. The Kier molecular flexibility index (Phi) is 4.91. The van der Waals surface area contributed by atoms with Gasteiger partial charge in [0.05, 0.1) is 0 Å². The summed E-state index contributed by atoms with van der Waals surface area (Å²) in [5.74, 6) is -0.227. The fraction of sp³-hybridized carbons (Fsp3) is 0.263. The minimum Gasteiger partial charge on any atom is -0.336 e. The van der Waals surface area contributed by atoms with Gasteiger partial charge < -0.3 is 15.5 Å². The van der Waals surface area contributed by atoms with Crippen molar-refractivity contribution in [3.63, 3.8) is 0 Å². The zero-order valence-corrected chi connectivity index (χ0v) is 13.6. The average molecular weight is 322 g/mol. The van der Waals surface area contributed by atoms with Gasteiger partial charge in [-0.25, -0.2) is 0 Å². The second kappa shape index (κ2) is 7.27. The van der Waals surface area contributed by atoms with Gasteiger partial charge >= 0.3 is 0 Å². The number of carbonyl (C=O) groups is 2. The molecule has 0 aliphatic carbocycles. The number of piperazine rings is 1. The number of anilines is 1. The molecule has 2 aromatic rings. The van der Waals surface area contributed by atoms with Gasteiger partial charge in [-0.15, -0.1) is 0 Å². The van der Waals surface area contributed by atoms with Crippen molar-refractivity contribution < 1.29 is 9.59 Å². The van der Waals surface area contributed by atoms with E-state index in [4.69, 9.17) is 0 Å². The number of amides is 2. The van der Waals surface area contributed by atoms with Crippen LogP contribution in [-0.2, 0) is 0 Å². The van der Waals surface area contributed by atoms with E-state index in [0.717, 1.165) is 18.7 Å². The number of rotatable bonds is 3. The number of nitrogens with zero attached hydrogens (tertiary/aromatic N) is 1. The van der Waals surface area contributed by atoms with Crippen molar-refractivity contribution in [3.05, 3.63) is 65.2 Å². The Morgan fingerprint density at radius 1 is 1.08 bits per heavy atom. The SMILES string of the molecule is Cc1ccc(C(=O)Nc2c[c]cc(C(=O)N3CCNCC3)c2)cc1. The van der Waals surface area contributed by atoms with Crippen LogP contribution in [0.2, 0.25) is 0 Å². The van der Waals surface area contributed by atoms with Gasteiger partial charge in [0.25, 0.3) is 11.8 Å². The van der Waals surface area contributed by atoms with E-state index in [1.165, 1.54) is 0 Å². The minimum atomic E-state index is -0.199. The number of benzene rings is 2. The third-order valence-corrected chi connectivity index (χ3v) is 4.01. The summed E-state index contributed by atoms with van der Waals surface area (Å²) < 4.78 is 0. The number of aryl methyl sites for hydroxylation is 1. The summed E-state index contributed by atoms with van der Waals surface area (Å²) in [5, 5.41) is 6.04. The highest BCUT2D eigenvalue weighted by molar-refractivity contribution is 6.05. The molecule has 24 heavy (non-hydrogen) atoms. The van der Waals surface area contributed by atoms with Gasteiger partial charge in [-0.1, -0.05) is 17.7 Å². The molecule has 1 heterocycles. The molecule has 0 atom stereocenters. The van der Waals surface area contributed by atoms with Crippen molar-refractivity contribution in [1.82, 2.24) is 10.2 Å². The first-order valence-electron chi connectivity index (χ1n) is 8.02. The molecule has 1 aliphatic rings. The summed E-state index contributed by atoms with van der Waals surface area (Å²) >= 11 is 0. The van der Waals surface area contributed by atoms with Crippen LogP contribution < -0.4 is 10.6 Å². The molecular formula is C19H20N3O2. The lowest BCUT2D eigenvalue weighted by Gasteiger charge is -2.27. The molecule has 1 radical (unpaired) electrons. The third kappa shape index (κ3) is 3.81. The predicted molar refractivity (Wildman–Crippen MR) is 93.2 cm³/mol. The molecule has 0 spiro atoms. The lowest BCUT2D eigenvalue weighted by molar-refractivity contribution is 0.0735. The molecular weight excluding hydrogens is 302 g/mol. The van der Waals surface area contributed by atoms with Crippen LogP contribution in [0.5, 0.6) is 0 Å². The van der Waals surface area contributed by atoms with Crippen LogP contribution in [-0.4, -0.2) is 42.9 Å². The summed E-state index contributed by atoms with van der Waals surface area (Å²) in [6, 6.07) is 15.3. The number of nitrogens with one attached hydrogen (secondary N) is 2. The fourth-order valence-corrected chi connectivity index (χ4v) is 2.63. The molecule has 5 heteroatoms. The fourth-order valence-electron chi connectivity index (χ4n) is 2.63. The van der Waals surface area contributed by atoms with Crippen molar-refractivity contribution in [2.45, 2.75) is 6.92 Å². The lowest BCUT2D eigenvalue weighted by Crippen LogP contribution is -2.46. The molecule has 0 saturated carbocycles. The Bertz CT molecular complexity index is 735. The Morgan fingerprint density at radius 3 is 2.50 bits per heavy atom. The molecule has 1 saturated heterocycles. The Hall–Kier alpha value is -2.66. The standard InChI is InChI=1S/C19H20N3O2/c1-14-5-7-15(8-6-14)18(23)21-17-4-2-3-16(13-17)19(24)22-11-9-20-10-12-22/h3-8,13,20H,9-12H2,1H3,(H,21,23). The summed E-state index contributed by atoms with van der Waals surface area (Å²) in [5.41, 5.74) is 2.79. The molecule has 123 valence electrons. The Morgan fingerprint density at radius 2 is 1.79 bits per heavy atom. The molecule has 3 rings (SSSR count). The van der Waals surface area contributed by atoms with E-state index in [9.17, 15) is 9.59 Å². The van der Waals surface area contributed by atoms with E-state index < -0.39 is 0 Å². The summed E-state index contributed by atoms with van der Waals surface area (Å²) in [6.45, 7) is 4.97. The van der Waals surface area contributed by atoms with E-state index in [0.29, 0.717) is 29.9 Å². The van der Waals surface area contributed by atoms with Crippen molar-refractivity contribution in [2.24, 2.45) is 0 Å². The number of hydrogen-bond acceptors (Lipinski definition) is 3. The van der Waals surface area contributed by atoms with Crippen molar-refractivity contribution >= 4 is 17.5 Å². The first-order valence-corrected chi connectivity index (χ1v) is 8.02. The van der Waals surface area contributed by atoms with Crippen molar-refractivity contribution in [3.8, 4) is 0 Å². The molecule has 1 fully saturated rings. The van der Waals surface area contributed by atoms with Gasteiger partial charge in [0.1, 0.15) is 0 Å². The lowest BCUT2D eigenvalue weighted by atomic mass is 10.1. The predicted octanol–water partition coefficient (Wildman–Crippen LogP) is 2.09. The monoisotopic (exact) mass is 322 g/mol. The maximum atomic E-state index is 12.5. The number of carbonyl (C=O) groups excluding carboxylic acids is 2. The first-order chi connectivity index (χ1) is 11.6. The minimum absolute atomic E-state index is 0.0285. The van der Waals surface area contributed by atoms with Crippen LogP contribution in [0.1, 0.15) is 26.3 Å². The average Bonchev–Trinajstić information content (AvgIpc) is 2.62. The van der Waals surface area contributed by atoms with Gasteiger partial charge in [0.15, 0.2) is 0 Å². The maximum absolute atomic E-state index is 12.5. The molecule has 0 unspecified atom stereocenters. The maximum Gasteiger partial charge on any atom is 0.255 e. The van der Waals surface area contributed by atoms with Crippen LogP contribution in [0.4, 0.5) is 5.69 Å². The largest absolute Gasteiger partial charge is 0.336 e. The molecule has 2 N–H and O–H groups in total. The molecule has 1 aliphatic heterocycles. The highest BCUT2D eigenvalue weighted by Gasteiger charge is 2.18. The highest BCUT2D eigenvalue weighted by Crippen LogP contribution is 2.14. The summed E-state index contributed by atoms with van der Waals surface area (Å²) in [4.78, 5) is 26.6. The van der Waals surface area contributed by atoms with Gasteiger partial charge in [0, 0.05) is 43.0 Å². The topological polar surface area (TPSA) is 61.4 Å². The van der Waals surface area contributed by atoms with E-state index in [-0.39, 0.29) is 11.8 Å². The molecule has 0 bridgehead atoms. The van der Waals surface area contributed by atoms with E-state index in [1.54, 1.807) is 30.3 Å². The van der Waals surface area contributed by atoms with Crippen molar-refractivity contribution in [2.75, 3.05) is 31.5 Å². The smallest absolute Gasteiger partial charge is 0.255 e. The van der Waals surface area contributed by atoms with E-state index >= 15 is 0 Å². The van der Waals surface area contributed by atoms with Gasteiger partial charge in [-0.3, -0.25) is 9.59 Å². The van der Waals surface area contributed by atoms with Crippen LogP contribution in [0.3, 0.4) is 0 Å². The van der Waals surface area contributed by atoms with Crippen LogP contribution in [0.25, 0.3) is 0 Å². The summed E-state index contributed by atoms with van der Waals surface area (Å²) in [6.07, 6.45) is 0. The van der Waals surface area contributed by atoms with E-state index in [2.05, 4.69) is 16.7 Å². The quantitative estimate of drug-likeness (QED) is 0.910. The zero-order valence-electron chi connectivity index (χ0n) is 13.6. The van der Waals surface area contributed by atoms with Gasteiger partial charge in [-0.05, 0) is 43.3 Å². The number of hydrogen-bond donors (Lipinski definition) is 2. The zero-order chi connectivity index (χ0) is 16.9. The Labute approximate surface area is 141 Å². The Balaban J connectivity index is 1.71. The highest BCUT2D eigenvalue weighted by atomic mass is 16.2. The van der Waals surface area contributed by atoms with E-state index in [1.807, 2.05) is 24.0 Å². The molecule has 0 aromatic heterocycles. The molecule has 2 amide bonds. The van der Waals surface area contributed by atoms with Gasteiger partial charge in [0.2, 0.25) is 0 Å². The molecule has 2 aromatic carbocycles. The third-order valence-electron chi connectivity index (χ3n) is 4.01. The van der Waals surface area contributed by atoms with Gasteiger partial charge in [-0.2, -0.15) is 0 Å². The summed E-state index contributed by atoms with van der Waals surface area (Å²) in [7, 11) is 0. The van der Waals surface area contributed by atoms with Crippen molar-refractivity contribution in [1.29, 1.82) is 0 Å². The normalized spacial score (nSPS) is 14.3.